The lowest BCUT2D eigenvalue weighted by Crippen LogP contribution is -2.23. The normalized spacial score (nSPS) is 10.9. The van der Waals surface area contributed by atoms with Gasteiger partial charge in [0.15, 0.2) is 5.16 Å². The maximum atomic E-state index is 13.2. The molecule has 4 rings (SSSR count). The van der Waals surface area contributed by atoms with Crippen molar-refractivity contribution in [2.24, 2.45) is 0 Å². The Balaban J connectivity index is 1.71. The molecule has 0 radical (unpaired) electrons. The molecule has 150 valence electrons. The molecule has 0 aliphatic heterocycles. The van der Waals surface area contributed by atoms with Gasteiger partial charge in [-0.1, -0.05) is 53.2 Å². The van der Waals surface area contributed by atoms with Crippen LogP contribution in [0.4, 0.5) is 5.69 Å². The van der Waals surface area contributed by atoms with Crippen LogP contribution < -0.4 is 10.9 Å². The summed E-state index contributed by atoms with van der Waals surface area (Å²) in [5.74, 6) is -0.115. The number of anilines is 1. The first-order chi connectivity index (χ1) is 14.5. The molecular formula is C22H15Cl2N3O2S. The quantitative estimate of drug-likeness (QED) is 0.322. The van der Waals surface area contributed by atoms with Crippen molar-refractivity contribution >= 4 is 57.5 Å². The monoisotopic (exact) mass is 455 g/mol. The Hall–Kier alpha value is -2.80. The molecule has 0 saturated carbocycles. The summed E-state index contributed by atoms with van der Waals surface area (Å²) in [5.41, 5.74) is 1.55. The average molecular weight is 456 g/mol. The molecule has 0 unspecified atom stereocenters. The molecule has 4 aromatic rings. The van der Waals surface area contributed by atoms with E-state index in [1.807, 2.05) is 30.3 Å². The number of fused-ring (bicyclic) bond motifs is 1. The number of aromatic nitrogens is 2. The molecule has 0 spiro atoms. The molecule has 0 saturated heterocycles. The lowest BCUT2D eigenvalue weighted by Gasteiger charge is -2.13. The minimum absolute atomic E-state index is 0.0843. The standard InChI is InChI=1S/C22H15Cl2N3O2S/c23-14-6-9-17(10-7-14)27-21(29)18-11-8-15(24)12-19(18)26-22(27)30-13-20(28)25-16-4-2-1-3-5-16/h1-12H,13H2,(H,25,28). The fourth-order valence-corrected chi connectivity index (χ4v) is 4.01. The van der Waals surface area contributed by atoms with Gasteiger partial charge in [-0.25, -0.2) is 4.98 Å². The topological polar surface area (TPSA) is 64.0 Å². The van der Waals surface area contributed by atoms with E-state index in [0.717, 1.165) is 0 Å². The third kappa shape index (κ3) is 4.51. The van der Waals surface area contributed by atoms with Crippen molar-refractivity contribution in [3.8, 4) is 5.69 Å². The first kappa shape index (κ1) is 20.5. The van der Waals surface area contributed by atoms with E-state index in [9.17, 15) is 9.59 Å². The van der Waals surface area contributed by atoms with Gasteiger partial charge in [-0.05, 0) is 54.6 Å². The van der Waals surface area contributed by atoms with Crippen molar-refractivity contribution < 1.29 is 4.79 Å². The number of thioether (sulfide) groups is 1. The molecule has 1 amide bonds. The number of carbonyl (C=O) groups is 1. The average Bonchev–Trinajstić information content (AvgIpc) is 2.74. The third-order valence-electron chi connectivity index (χ3n) is 4.28. The molecule has 8 heteroatoms. The third-order valence-corrected chi connectivity index (χ3v) is 5.70. The van der Waals surface area contributed by atoms with Crippen LogP contribution in [0.3, 0.4) is 0 Å². The molecule has 30 heavy (non-hydrogen) atoms. The first-order valence-corrected chi connectivity index (χ1v) is 10.7. The number of para-hydroxylation sites is 1. The number of nitrogens with one attached hydrogen (secondary N) is 1. The number of carbonyl (C=O) groups excluding carboxylic acids is 1. The highest BCUT2D eigenvalue weighted by molar-refractivity contribution is 7.99. The van der Waals surface area contributed by atoms with Gasteiger partial charge < -0.3 is 5.32 Å². The molecule has 0 atom stereocenters. The second-order valence-corrected chi connectivity index (χ2v) is 8.19. The Morgan fingerprint density at radius 3 is 2.40 bits per heavy atom. The van der Waals surface area contributed by atoms with Crippen molar-refractivity contribution in [1.82, 2.24) is 9.55 Å². The van der Waals surface area contributed by atoms with Gasteiger partial charge in [0.25, 0.3) is 5.56 Å². The predicted molar refractivity (Wildman–Crippen MR) is 123 cm³/mol. The van der Waals surface area contributed by atoms with Crippen LogP contribution >= 0.6 is 35.0 Å². The van der Waals surface area contributed by atoms with E-state index in [4.69, 9.17) is 23.2 Å². The van der Waals surface area contributed by atoms with E-state index in [-0.39, 0.29) is 17.2 Å². The van der Waals surface area contributed by atoms with Crippen molar-refractivity contribution in [3.63, 3.8) is 0 Å². The summed E-state index contributed by atoms with van der Waals surface area (Å²) in [6.45, 7) is 0. The Morgan fingerprint density at radius 1 is 0.967 bits per heavy atom. The molecule has 0 bridgehead atoms. The fraction of sp³-hybridized carbons (Fsp3) is 0.0455. The Kier molecular flexibility index (Phi) is 6.08. The van der Waals surface area contributed by atoms with Gasteiger partial charge in [0.1, 0.15) is 0 Å². The van der Waals surface area contributed by atoms with Crippen molar-refractivity contribution in [2.75, 3.05) is 11.1 Å². The molecule has 1 heterocycles. The van der Waals surface area contributed by atoms with Crippen LogP contribution in [0.1, 0.15) is 0 Å². The Labute approximate surface area is 186 Å². The largest absolute Gasteiger partial charge is 0.325 e. The Bertz CT molecular complexity index is 1280. The summed E-state index contributed by atoms with van der Waals surface area (Å²) in [6.07, 6.45) is 0. The molecular weight excluding hydrogens is 441 g/mol. The highest BCUT2D eigenvalue weighted by atomic mass is 35.5. The van der Waals surface area contributed by atoms with Crippen LogP contribution in [0.5, 0.6) is 0 Å². The van der Waals surface area contributed by atoms with E-state index in [1.54, 1.807) is 42.5 Å². The summed E-state index contributed by atoms with van der Waals surface area (Å²) in [5, 5.41) is 4.69. The lowest BCUT2D eigenvalue weighted by molar-refractivity contribution is -0.113. The molecule has 0 aliphatic rings. The summed E-state index contributed by atoms with van der Waals surface area (Å²) in [6, 6.07) is 21.0. The second kappa shape index (κ2) is 8.92. The molecule has 1 N–H and O–H groups in total. The van der Waals surface area contributed by atoms with E-state index < -0.39 is 0 Å². The zero-order valence-electron chi connectivity index (χ0n) is 15.5. The van der Waals surface area contributed by atoms with Gasteiger partial charge in [0, 0.05) is 15.7 Å². The predicted octanol–water partition coefficient (Wildman–Crippen LogP) is 5.42. The maximum Gasteiger partial charge on any atom is 0.266 e. The van der Waals surface area contributed by atoms with Crippen molar-refractivity contribution in [1.29, 1.82) is 0 Å². The van der Waals surface area contributed by atoms with Crippen LogP contribution in [-0.2, 0) is 4.79 Å². The van der Waals surface area contributed by atoms with Crippen LogP contribution in [-0.4, -0.2) is 21.2 Å². The summed E-state index contributed by atoms with van der Waals surface area (Å²) >= 11 is 13.2. The molecule has 0 fully saturated rings. The molecule has 1 aromatic heterocycles. The first-order valence-electron chi connectivity index (χ1n) is 8.97. The van der Waals surface area contributed by atoms with E-state index in [2.05, 4.69) is 10.3 Å². The SMILES string of the molecule is O=C(CSc1nc2cc(Cl)ccc2c(=O)n1-c1ccc(Cl)cc1)Nc1ccccc1. The van der Waals surface area contributed by atoms with Crippen LogP contribution in [0.25, 0.3) is 16.6 Å². The minimum atomic E-state index is -0.245. The summed E-state index contributed by atoms with van der Waals surface area (Å²) < 4.78 is 1.48. The highest BCUT2D eigenvalue weighted by Gasteiger charge is 2.15. The smallest absolute Gasteiger partial charge is 0.266 e. The second-order valence-electron chi connectivity index (χ2n) is 6.38. The molecule has 0 aliphatic carbocycles. The van der Waals surface area contributed by atoms with Crippen molar-refractivity contribution in [3.05, 3.63) is 93.2 Å². The van der Waals surface area contributed by atoms with Crippen LogP contribution in [0.15, 0.2) is 82.7 Å². The number of hydrogen-bond donors (Lipinski definition) is 1. The zero-order chi connectivity index (χ0) is 21.1. The lowest BCUT2D eigenvalue weighted by atomic mass is 10.2. The van der Waals surface area contributed by atoms with Gasteiger partial charge in [-0.15, -0.1) is 0 Å². The van der Waals surface area contributed by atoms with Gasteiger partial charge in [-0.3, -0.25) is 14.2 Å². The number of halogens is 2. The zero-order valence-corrected chi connectivity index (χ0v) is 17.8. The number of benzene rings is 3. The number of rotatable bonds is 5. The fourth-order valence-electron chi connectivity index (χ4n) is 2.90. The molecule has 5 nitrogen and oxygen atoms in total. The summed E-state index contributed by atoms with van der Waals surface area (Å²) in [7, 11) is 0. The maximum absolute atomic E-state index is 13.2. The van der Waals surface area contributed by atoms with Gasteiger partial charge >= 0.3 is 0 Å². The summed E-state index contributed by atoms with van der Waals surface area (Å²) in [4.78, 5) is 30.2. The van der Waals surface area contributed by atoms with Crippen molar-refractivity contribution in [2.45, 2.75) is 5.16 Å². The molecule has 3 aromatic carbocycles. The van der Waals surface area contributed by atoms with E-state index in [0.29, 0.717) is 37.5 Å². The highest BCUT2D eigenvalue weighted by Crippen LogP contribution is 2.24. The minimum Gasteiger partial charge on any atom is -0.325 e. The van der Waals surface area contributed by atoms with Gasteiger partial charge in [0.2, 0.25) is 5.91 Å². The van der Waals surface area contributed by atoms with Crippen LogP contribution in [0.2, 0.25) is 10.0 Å². The number of amides is 1. The van der Waals surface area contributed by atoms with E-state index in [1.165, 1.54) is 16.3 Å². The van der Waals surface area contributed by atoms with Gasteiger partial charge in [0.05, 0.1) is 22.3 Å². The number of hydrogen-bond acceptors (Lipinski definition) is 4. The number of nitrogens with zero attached hydrogens (tertiary/aromatic N) is 2. The van der Waals surface area contributed by atoms with Gasteiger partial charge in [-0.2, -0.15) is 0 Å². The van der Waals surface area contributed by atoms with E-state index >= 15 is 0 Å². The Morgan fingerprint density at radius 2 is 1.67 bits per heavy atom. The van der Waals surface area contributed by atoms with Crippen LogP contribution in [0, 0.1) is 0 Å².